The summed E-state index contributed by atoms with van der Waals surface area (Å²) in [6.07, 6.45) is 0.699. The molecule has 3 amide bonds. The van der Waals surface area contributed by atoms with Crippen LogP contribution in [0.3, 0.4) is 0 Å². The summed E-state index contributed by atoms with van der Waals surface area (Å²) in [6.45, 7) is 7.66. The van der Waals surface area contributed by atoms with Crippen molar-refractivity contribution in [3.63, 3.8) is 0 Å². The molecule has 7 nitrogen and oxygen atoms in total. The van der Waals surface area contributed by atoms with Gasteiger partial charge in [0.2, 0.25) is 5.91 Å². The Labute approximate surface area is 188 Å². The molecule has 32 heavy (non-hydrogen) atoms. The van der Waals surface area contributed by atoms with Crippen LogP contribution in [0.25, 0.3) is 10.9 Å². The maximum Gasteiger partial charge on any atom is 0.268 e. The van der Waals surface area contributed by atoms with Crippen LogP contribution < -0.4 is 16.0 Å². The highest BCUT2D eigenvalue weighted by molar-refractivity contribution is 6.00. The van der Waals surface area contributed by atoms with Crippen molar-refractivity contribution in [1.82, 2.24) is 20.9 Å². The number of benzene rings is 2. The third-order valence-electron chi connectivity index (χ3n) is 5.01. The normalized spacial score (nSPS) is 11.9. The van der Waals surface area contributed by atoms with Gasteiger partial charge in [-0.2, -0.15) is 0 Å². The molecule has 3 aromatic rings. The lowest BCUT2D eigenvalue weighted by atomic mass is 10.1. The number of hydrogen-bond acceptors (Lipinski definition) is 3. The minimum Gasteiger partial charge on any atom is -0.351 e. The zero-order valence-electron chi connectivity index (χ0n) is 18.6. The quantitative estimate of drug-likeness (QED) is 0.416. The number of nitrogens with one attached hydrogen (secondary N) is 4. The summed E-state index contributed by atoms with van der Waals surface area (Å²) in [5.74, 6) is -0.737. The molecule has 0 saturated carbocycles. The van der Waals surface area contributed by atoms with Crippen LogP contribution in [0.15, 0.2) is 54.6 Å². The van der Waals surface area contributed by atoms with Crippen molar-refractivity contribution in [2.24, 2.45) is 5.92 Å². The van der Waals surface area contributed by atoms with Gasteiger partial charge < -0.3 is 20.9 Å². The molecule has 1 heterocycles. The summed E-state index contributed by atoms with van der Waals surface area (Å²) in [4.78, 5) is 41.1. The Morgan fingerprint density at radius 1 is 1.00 bits per heavy atom. The molecule has 0 aliphatic heterocycles. The van der Waals surface area contributed by atoms with E-state index >= 15 is 0 Å². The van der Waals surface area contributed by atoms with E-state index in [1.807, 2.05) is 57.2 Å². The number of carbonyl (C=O) groups is 3. The van der Waals surface area contributed by atoms with Gasteiger partial charge in [-0.25, -0.2) is 0 Å². The van der Waals surface area contributed by atoms with Gasteiger partial charge in [0.05, 0.1) is 0 Å². The van der Waals surface area contributed by atoms with Gasteiger partial charge >= 0.3 is 0 Å². The predicted octanol–water partition coefficient (Wildman–Crippen LogP) is 3.33. The summed E-state index contributed by atoms with van der Waals surface area (Å²) >= 11 is 0. The van der Waals surface area contributed by atoms with Crippen LogP contribution in [0, 0.1) is 19.4 Å². The number of aromatic amines is 1. The molecule has 1 aromatic heterocycles. The molecule has 1 atom stereocenters. The first-order valence-electron chi connectivity index (χ1n) is 10.7. The summed E-state index contributed by atoms with van der Waals surface area (Å²) in [6, 6.07) is 15.5. The van der Waals surface area contributed by atoms with Crippen LogP contribution in [-0.4, -0.2) is 35.3 Å². The highest BCUT2D eigenvalue weighted by atomic mass is 16.2. The minimum absolute atomic E-state index is 0.0416. The largest absolute Gasteiger partial charge is 0.351 e. The van der Waals surface area contributed by atoms with Crippen LogP contribution in [0.5, 0.6) is 0 Å². The summed E-state index contributed by atoms with van der Waals surface area (Å²) in [5.41, 5.74) is 2.71. The number of carbonyl (C=O) groups excluding carboxylic acids is 3. The lowest BCUT2D eigenvalue weighted by Crippen LogP contribution is -2.52. The molecule has 167 valence electrons. The number of amides is 3. The summed E-state index contributed by atoms with van der Waals surface area (Å²) < 4.78 is 0. The molecule has 0 saturated heterocycles. The van der Waals surface area contributed by atoms with Crippen molar-refractivity contribution in [1.29, 1.82) is 0 Å². The van der Waals surface area contributed by atoms with Crippen LogP contribution in [0.2, 0.25) is 0 Å². The SMILES string of the molecule is Cc1ccc(C(=O)NC[C@H](NC(=O)c2cc3ccccc3[nH]2)C(=O)N[CH]CC(C)C)cc1. The molecule has 2 aromatic carbocycles. The standard InChI is InChI=1S/C25H29N4O3/c1-16(2)12-13-26-24(31)22(15-27-23(30)18-10-8-17(3)9-11-18)29-25(32)21-14-19-6-4-5-7-20(19)28-21/h4-11,13-14,16,22,28H,12,15H2,1-3H3,(H,26,31)(H,27,30)(H,29,32)/t22-/m0/s1. The maximum atomic E-state index is 12.8. The Balaban J connectivity index is 1.68. The van der Waals surface area contributed by atoms with Gasteiger partial charge in [-0.15, -0.1) is 0 Å². The second kappa shape index (κ2) is 10.6. The molecule has 0 unspecified atom stereocenters. The van der Waals surface area contributed by atoms with Crippen molar-refractivity contribution in [3.05, 3.63) is 78.0 Å². The van der Waals surface area contributed by atoms with E-state index in [1.54, 1.807) is 24.7 Å². The third-order valence-corrected chi connectivity index (χ3v) is 5.01. The van der Waals surface area contributed by atoms with Crippen molar-refractivity contribution >= 4 is 28.6 Å². The zero-order chi connectivity index (χ0) is 23.1. The Bertz CT molecular complexity index is 1050. The molecule has 0 spiro atoms. The van der Waals surface area contributed by atoms with Gasteiger partial charge in [0, 0.05) is 29.6 Å². The molecule has 0 fully saturated rings. The number of para-hydroxylation sites is 1. The Hall–Kier alpha value is -3.61. The molecular weight excluding hydrogens is 404 g/mol. The van der Waals surface area contributed by atoms with Crippen LogP contribution in [0.1, 0.15) is 46.7 Å². The van der Waals surface area contributed by atoms with Gasteiger partial charge in [0.25, 0.3) is 11.8 Å². The van der Waals surface area contributed by atoms with Crippen molar-refractivity contribution in [2.75, 3.05) is 6.54 Å². The number of H-pyrrole nitrogens is 1. The lowest BCUT2D eigenvalue weighted by Gasteiger charge is -2.19. The zero-order valence-corrected chi connectivity index (χ0v) is 18.6. The number of fused-ring (bicyclic) bond motifs is 1. The first-order valence-corrected chi connectivity index (χ1v) is 10.7. The molecule has 0 bridgehead atoms. The highest BCUT2D eigenvalue weighted by Gasteiger charge is 2.23. The average molecular weight is 434 g/mol. The van der Waals surface area contributed by atoms with Gasteiger partial charge in [-0.05, 0) is 43.5 Å². The number of aryl methyl sites for hydroxylation is 1. The maximum absolute atomic E-state index is 12.8. The van der Waals surface area contributed by atoms with Crippen molar-refractivity contribution < 1.29 is 14.4 Å². The van der Waals surface area contributed by atoms with E-state index < -0.39 is 11.9 Å². The molecule has 7 heteroatoms. The Kier molecular flexibility index (Phi) is 7.65. The van der Waals surface area contributed by atoms with E-state index in [-0.39, 0.29) is 18.4 Å². The molecule has 3 rings (SSSR count). The second-order valence-corrected chi connectivity index (χ2v) is 8.21. The molecule has 0 aliphatic carbocycles. The first-order chi connectivity index (χ1) is 15.3. The first kappa shape index (κ1) is 23.1. The van der Waals surface area contributed by atoms with Gasteiger partial charge in [-0.1, -0.05) is 49.7 Å². The smallest absolute Gasteiger partial charge is 0.268 e. The lowest BCUT2D eigenvalue weighted by molar-refractivity contribution is -0.122. The molecule has 0 aliphatic rings. The summed E-state index contributed by atoms with van der Waals surface area (Å²) in [5, 5.41) is 9.10. The highest BCUT2D eigenvalue weighted by Crippen LogP contribution is 2.14. The van der Waals surface area contributed by atoms with Gasteiger partial charge in [0.1, 0.15) is 11.7 Å². The average Bonchev–Trinajstić information content (AvgIpc) is 3.21. The van der Waals surface area contributed by atoms with Gasteiger partial charge in [0.15, 0.2) is 0 Å². The van der Waals surface area contributed by atoms with E-state index in [1.165, 1.54) is 0 Å². The number of aromatic nitrogens is 1. The number of rotatable bonds is 9. The molecular formula is C25H29N4O3. The van der Waals surface area contributed by atoms with E-state index in [4.69, 9.17) is 0 Å². The van der Waals surface area contributed by atoms with E-state index in [2.05, 4.69) is 20.9 Å². The van der Waals surface area contributed by atoms with E-state index in [0.717, 1.165) is 16.5 Å². The van der Waals surface area contributed by atoms with Crippen molar-refractivity contribution in [2.45, 2.75) is 33.2 Å². The fourth-order valence-electron chi connectivity index (χ4n) is 3.14. The Morgan fingerprint density at radius 2 is 1.72 bits per heavy atom. The minimum atomic E-state index is -0.938. The second-order valence-electron chi connectivity index (χ2n) is 8.21. The summed E-state index contributed by atoms with van der Waals surface area (Å²) in [7, 11) is 0. The predicted molar refractivity (Wildman–Crippen MR) is 125 cm³/mol. The van der Waals surface area contributed by atoms with Crippen LogP contribution >= 0.6 is 0 Å². The fraction of sp³-hybridized carbons (Fsp3) is 0.280. The van der Waals surface area contributed by atoms with E-state index in [9.17, 15) is 14.4 Å². The van der Waals surface area contributed by atoms with Crippen LogP contribution in [0.4, 0.5) is 0 Å². The van der Waals surface area contributed by atoms with E-state index in [0.29, 0.717) is 23.6 Å². The van der Waals surface area contributed by atoms with Gasteiger partial charge in [-0.3, -0.25) is 14.4 Å². The topological polar surface area (TPSA) is 103 Å². The van der Waals surface area contributed by atoms with Crippen molar-refractivity contribution in [3.8, 4) is 0 Å². The van der Waals surface area contributed by atoms with Crippen LogP contribution in [-0.2, 0) is 4.79 Å². The third kappa shape index (κ3) is 6.20. The monoisotopic (exact) mass is 433 g/mol. The molecule has 1 radical (unpaired) electrons. The molecule has 4 N–H and O–H groups in total. The Morgan fingerprint density at radius 3 is 2.41 bits per heavy atom. The number of hydrogen-bond donors (Lipinski definition) is 4. The fourth-order valence-corrected chi connectivity index (χ4v) is 3.14.